The zero-order chi connectivity index (χ0) is 17.9. The first-order valence-electron chi connectivity index (χ1n) is 10.2. The maximum atomic E-state index is 11.6. The fourth-order valence-electron chi connectivity index (χ4n) is 6.48. The average Bonchev–Trinajstić information content (AvgIpc) is 3.25. The van der Waals surface area contributed by atoms with Crippen LogP contribution in [0.5, 0.6) is 0 Å². The highest BCUT2D eigenvalue weighted by molar-refractivity contribution is 5.90. The minimum absolute atomic E-state index is 0.302. The van der Waals surface area contributed by atoms with Crippen LogP contribution >= 0.6 is 0 Å². The van der Waals surface area contributed by atoms with Crippen molar-refractivity contribution >= 4 is 5.91 Å². The molecule has 5 atom stereocenters. The molecular formula is C21H29N3O2. The number of methoxy groups -OCH3 is 1. The van der Waals surface area contributed by atoms with Gasteiger partial charge in [0, 0.05) is 44.3 Å². The maximum absolute atomic E-state index is 11.6. The third-order valence-electron chi connectivity index (χ3n) is 7.76. The molecule has 1 saturated heterocycles. The molecule has 4 aliphatic rings. The molecule has 5 heteroatoms. The molecule has 1 aliphatic heterocycles. The lowest BCUT2D eigenvalue weighted by Gasteiger charge is -2.56. The van der Waals surface area contributed by atoms with Gasteiger partial charge in [-0.05, 0) is 61.6 Å². The number of nitrogens with zero attached hydrogens (tertiary/aromatic N) is 2. The van der Waals surface area contributed by atoms with Crippen molar-refractivity contribution in [2.24, 2.45) is 29.4 Å². The van der Waals surface area contributed by atoms with E-state index in [-0.39, 0.29) is 5.60 Å². The number of pyridine rings is 1. The van der Waals surface area contributed by atoms with E-state index < -0.39 is 5.91 Å². The zero-order valence-electron chi connectivity index (χ0n) is 15.6. The number of rotatable bonds is 4. The molecule has 4 unspecified atom stereocenters. The van der Waals surface area contributed by atoms with Gasteiger partial charge < -0.3 is 10.5 Å². The molecule has 140 valence electrons. The van der Waals surface area contributed by atoms with Crippen molar-refractivity contribution in [3.63, 3.8) is 0 Å². The molecule has 4 fully saturated rings. The predicted molar refractivity (Wildman–Crippen MR) is 98.5 cm³/mol. The number of aromatic nitrogens is 1. The highest BCUT2D eigenvalue weighted by atomic mass is 16.5. The molecule has 1 aromatic heterocycles. The summed E-state index contributed by atoms with van der Waals surface area (Å²) in [6.07, 6.45) is 9.66. The van der Waals surface area contributed by atoms with Crippen LogP contribution in [0.1, 0.15) is 54.6 Å². The van der Waals surface area contributed by atoms with E-state index in [0.29, 0.717) is 17.5 Å². The summed E-state index contributed by atoms with van der Waals surface area (Å²) in [5, 5.41) is 0. The summed E-state index contributed by atoms with van der Waals surface area (Å²) >= 11 is 0. The molecule has 2 heterocycles. The lowest BCUT2D eigenvalue weighted by atomic mass is 9.62. The van der Waals surface area contributed by atoms with Gasteiger partial charge in [-0.3, -0.25) is 14.7 Å². The van der Waals surface area contributed by atoms with Gasteiger partial charge in [-0.2, -0.15) is 0 Å². The number of nitrogens with two attached hydrogens (primary N) is 1. The number of piperidine rings is 1. The minimum Gasteiger partial charge on any atom is -0.373 e. The average molecular weight is 355 g/mol. The monoisotopic (exact) mass is 355 g/mol. The SMILES string of the molecule is COC1(c2ccnc(C(N)=O)c2)C2CCCC1CN(C1CC3C[C@H]3C1)C2. The van der Waals surface area contributed by atoms with Crippen molar-refractivity contribution < 1.29 is 9.53 Å². The molecule has 0 aromatic carbocycles. The largest absolute Gasteiger partial charge is 0.373 e. The van der Waals surface area contributed by atoms with Gasteiger partial charge in [0.25, 0.3) is 5.91 Å². The van der Waals surface area contributed by atoms with Crippen LogP contribution in [0.3, 0.4) is 0 Å². The first-order chi connectivity index (χ1) is 12.6. The van der Waals surface area contributed by atoms with Gasteiger partial charge in [-0.1, -0.05) is 6.42 Å². The quantitative estimate of drug-likeness (QED) is 0.901. The van der Waals surface area contributed by atoms with Gasteiger partial charge in [-0.15, -0.1) is 0 Å². The van der Waals surface area contributed by atoms with E-state index in [1.165, 1.54) is 38.5 Å². The number of carbonyl (C=O) groups is 1. The van der Waals surface area contributed by atoms with Crippen molar-refractivity contribution in [1.29, 1.82) is 0 Å². The molecule has 0 spiro atoms. The Kier molecular flexibility index (Phi) is 3.87. The molecule has 26 heavy (non-hydrogen) atoms. The number of hydrogen-bond acceptors (Lipinski definition) is 4. The molecule has 5 nitrogen and oxygen atoms in total. The number of amides is 1. The summed E-state index contributed by atoms with van der Waals surface area (Å²) in [4.78, 5) is 18.6. The number of primary amides is 1. The maximum Gasteiger partial charge on any atom is 0.267 e. The van der Waals surface area contributed by atoms with Crippen LogP contribution in [0.2, 0.25) is 0 Å². The highest BCUT2D eigenvalue weighted by Gasteiger charge is 2.56. The van der Waals surface area contributed by atoms with Gasteiger partial charge in [-0.25, -0.2) is 0 Å². The van der Waals surface area contributed by atoms with Crippen LogP contribution < -0.4 is 5.73 Å². The molecule has 0 radical (unpaired) electrons. The van der Waals surface area contributed by atoms with Crippen LogP contribution in [-0.2, 0) is 10.3 Å². The Morgan fingerprint density at radius 3 is 2.54 bits per heavy atom. The first-order valence-corrected chi connectivity index (χ1v) is 10.2. The molecular weight excluding hydrogens is 326 g/mol. The van der Waals surface area contributed by atoms with Crippen LogP contribution in [-0.4, -0.2) is 42.0 Å². The predicted octanol–water partition coefficient (Wildman–Crippen LogP) is 2.55. The van der Waals surface area contributed by atoms with Gasteiger partial charge in [0.1, 0.15) is 11.3 Å². The second-order valence-corrected chi connectivity index (χ2v) is 8.95. The third-order valence-corrected chi connectivity index (χ3v) is 7.76. The Balaban J connectivity index is 1.46. The number of likely N-dealkylation sites (tertiary alicyclic amines) is 1. The summed E-state index contributed by atoms with van der Waals surface area (Å²) in [5.41, 5.74) is 6.61. The van der Waals surface area contributed by atoms with Crippen molar-refractivity contribution in [2.75, 3.05) is 20.2 Å². The van der Waals surface area contributed by atoms with Gasteiger partial charge in [0.05, 0.1) is 0 Å². The molecule has 5 rings (SSSR count). The van der Waals surface area contributed by atoms with Crippen LogP contribution in [0.25, 0.3) is 0 Å². The van der Waals surface area contributed by atoms with Gasteiger partial charge in [0.15, 0.2) is 0 Å². The van der Waals surface area contributed by atoms with E-state index >= 15 is 0 Å². The fourth-order valence-corrected chi connectivity index (χ4v) is 6.48. The smallest absolute Gasteiger partial charge is 0.267 e. The van der Waals surface area contributed by atoms with Gasteiger partial charge >= 0.3 is 0 Å². The van der Waals surface area contributed by atoms with Gasteiger partial charge in [0.2, 0.25) is 0 Å². The standard InChI is InChI=1S/C21H29N3O2/c1-26-21(15-5-6-23-19(10-15)20(22)25)16-3-2-4-17(21)12-24(11-16)18-8-13-7-14(13)9-18/h5-6,10,13-14,16-18H,2-4,7-9,11-12H2,1H3,(H2,22,25)/t13-,14?,16?,17?,18?,21?/m0/s1. The molecule has 3 aliphatic carbocycles. The number of carbonyl (C=O) groups excluding carboxylic acids is 1. The molecule has 1 amide bonds. The summed E-state index contributed by atoms with van der Waals surface area (Å²) < 4.78 is 6.30. The van der Waals surface area contributed by atoms with E-state index in [0.717, 1.165) is 36.5 Å². The van der Waals surface area contributed by atoms with Crippen LogP contribution in [0.15, 0.2) is 18.3 Å². The normalized spacial score (nSPS) is 41.7. The minimum atomic E-state index is -0.467. The van der Waals surface area contributed by atoms with E-state index in [9.17, 15) is 4.79 Å². The summed E-state index contributed by atoms with van der Waals surface area (Å²) in [6, 6.07) is 4.69. The molecule has 3 saturated carbocycles. The van der Waals surface area contributed by atoms with Crippen LogP contribution in [0.4, 0.5) is 0 Å². The fraction of sp³-hybridized carbons (Fsp3) is 0.714. The number of fused-ring (bicyclic) bond motifs is 3. The number of hydrogen-bond donors (Lipinski definition) is 1. The van der Waals surface area contributed by atoms with Crippen LogP contribution in [0, 0.1) is 23.7 Å². The summed E-state index contributed by atoms with van der Waals surface area (Å²) in [6.45, 7) is 2.23. The second kappa shape index (κ2) is 6.03. The summed E-state index contributed by atoms with van der Waals surface area (Å²) in [7, 11) is 1.84. The molecule has 1 aromatic rings. The Morgan fingerprint density at radius 1 is 1.23 bits per heavy atom. The first kappa shape index (κ1) is 16.7. The summed E-state index contributed by atoms with van der Waals surface area (Å²) in [5.74, 6) is 2.52. The van der Waals surface area contributed by atoms with Crippen molar-refractivity contribution in [3.8, 4) is 0 Å². The van der Waals surface area contributed by atoms with E-state index in [1.54, 1.807) is 6.20 Å². The Bertz CT molecular complexity index is 697. The Labute approximate surface area is 155 Å². The topological polar surface area (TPSA) is 68.5 Å². The number of ether oxygens (including phenoxy) is 1. The Morgan fingerprint density at radius 2 is 1.92 bits per heavy atom. The van der Waals surface area contributed by atoms with E-state index in [4.69, 9.17) is 10.5 Å². The third kappa shape index (κ3) is 2.43. The molecule has 2 bridgehead atoms. The Hall–Kier alpha value is -1.46. The highest BCUT2D eigenvalue weighted by Crippen LogP contribution is 2.56. The second-order valence-electron chi connectivity index (χ2n) is 8.95. The van der Waals surface area contributed by atoms with Crippen molar-refractivity contribution in [1.82, 2.24) is 9.88 Å². The van der Waals surface area contributed by atoms with Crippen molar-refractivity contribution in [2.45, 2.75) is 50.2 Å². The van der Waals surface area contributed by atoms with E-state index in [2.05, 4.69) is 9.88 Å². The molecule has 2 N–H and O–H groups in total. The lowest BCUT2D eigenvalue weighted by molar-refractivity contribution is -0.174. The van der Waals surface area contributed by atoms with Crippen molar-refractivity contribution in [3.05, 3.63) is 29.6 Å². The zero-order valence-corrected chi connectivity index (χ0v) is 15.6. The lowest BCUT2D eigenvalue weighted by Crippen LogP contribution is -2.60. The van der Waals surface area contributed by atoms with E-state index in [1.807, 2.05) is 19.2 Å².